The van der Waals surface area contributed by atoms with E-state index in [1.54, 1.807) is 0 Å². The van der Waals surface area contributed by atoms with Gasteiger partial charge >= 0.3 is 0 Å². The lowest BCUT2D eigenvalue weighted by atomic mass is 10.0. The average molecular weight is 305 g/mol. The van der Waals surface area contributed by atoms with E-state index in [9.17, 15) is 0 Å². The van der Waals surface area contributed by atoms with Gasteiger partial charge in [0.25, 0.3) is 0 Å². The molecule has 0 aromatic heterocycles. The molecule has 1 atom stereocenters. The van der Waals surface area contributed by atoms with Crippen molar-refractivity contribution in [2.45, 2.75) is 38.9 Å². The zero-order chi connectivity index (χ0) is 15.6. The SMILES string of the molecule is CCOc1cc(C2=CC3(CCOC3)ON2)ccc1OC(C)C. The molecular formula is C17H23NO4. The zero-order valence-electron chi connectivity index (χ0n) is 13.3. The van der Waals surface area contributed by atoms with Crippen LogP contribution < -0.4 is 15.0 Å². The van der Waals surface area contributed by atoms with E-state index in [0.717, 1.165) is 35.8 Å². The second kappa shape index (κ2) is 6.18. The van der Waals surface area contributed by atoms with Gasteiger partial charge in [0.05, 0.1) is 25.0 Å². The minimum atomic E-state index is -0.325. The predicted octanol–water partition coefficient (Wildman–Crippen LogP) is 2.91. The van der Waals surface area contributed by atoms with Crippen LogP contribution in [0.5, 0.6) is 11.5 Å². The highest BCUT2D eigenvalue weighted by Crippen LogP contribution is 2.36. The van der Waals surface area contributed by atoms with Crippen molar-refractivity contribution in [1.82, 2.24) is 5.48 Å². The molecule has 0 radical (unpaired) electrons. The molecule has 2 aliphatic heterocycles. The summed E-state index contributed by atoms with van der Waals surface area (Å²) in [5, 5.41) is 0. The van der Waals surface area contributed by atoms with E-state index in [1.807, 2.05) is 39.0 Å². The molecule has 1 aromatic carbocycles. The summed E-state index contributed by atoms with van der Waals surface area (Å²) in [5.74, 6) is 1.51. The van der Waals surface area contributed by atoms with Crippen LogP contribution in [0.4, 0.5) is 0 Å². The smallest absolute Gasteiger partial charge is 0.161 e. The summed E-state index contributed by atoms with van der Waals surface area (Å²) in [6.45, 7) is 7.89. The molecule has 1 unspecified atom stereocenters. The van der Waals surface area contributed by atoms with Crippen molar-refractivity contribution >= 4 is 5.70 Å². The lowest BCUT2D eigenvalue weighted by Gasteiger charge is -2.16. The van der Waals surface area contributed by atoms with Gasteiger partial charge in [-0.25, -0.2) is 0 Å². The molecule has 1 saturated heterocycles. The molecule has 22 heavy (non-hydrogen) atoms. The van der Waals surface area contributed by atoms with Crippen molar-refractivity contribution in [3.05, 3.63) is 29.8 Å². The minimum Gasteiger partial charge on any atom is -0.490 e. The molecule has 1 fully saturated rings. The van der Waals surface area contributed by atoms with Crippen LogP contribution in [0.25, 0.3) is 5.70 Å². The van der Waals surface area contributed by atoms with E-state index in [1.165, 1.54) is 0 Å². The van der Waals surface area contributed by atoms with E-state index < -0.39 is 0 Å². The average Bonchev–Trinajstić information content (AvgIpc) is 3.11. The third-order valence-electron chi connectivity index (χ3n) is 3.70. The summed E-state index contributed by atoms with van der Waals surface area (Å²) >= 11 is 0. The lowest BCUT2D eigenvalue weighted by Crippen LogP contribution is -2.29. The molecule has 1 spiro atoms. The Morgan fingerprint density at radius 3 is 2.86 bits per heavy atom. The quantitative estimate of drug-likeness (QED) is 0.906. The maximum Gasteiger partial charge on any atom is 0.161 e. The van der Waals surface area contributed by atoms with Gasteiger partial charge in [0.1, 0.15) is 5.60 Å². The molecule has 5 heteroatoms. The van der Waals surface area contributed by atoms with E-state index in [-0.39, 0.29) is 11.7 Å². The summed E-state index contributed by atoms with van der Waals surface area (Å²) < 4.78 is 16.9. The van der Waals surface area contributed by atoms with Crippen LogP contribution in [0.1, 0.15) is 32.8 Å². The summed E-state index contributed by atoms with van der Waals surface area (Å²) in [7, 11) is 0. The van der Waals surface area contributed by atoms with Gasteiger partial charge in [-0.05, 0) is 45.0 Å². The summed E-state index contributed by atoms with van der Waals surface area (Å²) in [5.41, 5.74) is 4.66. The van der Waals surface area contributed by atoms with Crippen LogP contribution in [0.3, 0.4) is 0 Å². The fraction of sp³-hybridized carbons (Fsp3) is 0.529. The molecule has 0 saturated carbocycles. The first kappa shape index (κ1) is 15.2. The molecule has 2 aliphatic rings. The lowest BCUT2D eigenvalue weighted by molar-refractivity contribution is -0.0373. The molecule has 0 bridgehead atoms. The Balaban J connectivity index is 1.86. The number of hydrogen-bond acceptors (Lipinski definition) is 5. The zero-order valence-corrected chi connectivity index (χ0v) is 13.3. The molecule has 0 aliphatic carbocycles. The van der Waals surface area contributed by atoms with Crippen molar-refractivity contribution in [1.29, 1.82) is 0 Å². The van der Waals surface area contributed by atoms with Gasteiger partial charge < -0.3 is 14.2 Å². The minimum absolute atomic E-state index is 0.108. The van der Waals surface area contributed by atoms with Crippen LogP contribution in [0.2, 0.25) is 0 Å². The predicted molar refractivity (Wildman–Crippen MR) is 83.7 cm³/mol. The largest absolute Gasteiger partial charge is 0.490 e. The molecule has 0 amide bonds. The highest BCUT2D eigenvalue weighted by Gasteiger charge is 2.39. The second-order valence-corrected chi connectivity index (χ2v) is 5.89. The summed E-state index contributed by atoms with van der Waals surface area (Å²) in [4.78, 5) is 5.72. The maximum atomic E-state index is 5.79. The van der Waals surface area contributed by atoms with Gasteiger partial charge in [-0.2, -0.15) is 0 Å². The highest BCUT2D eigenvalue weighted by molar-refractivity contribution is 5.68. The Kier molecular flexibility index (Phi) is 4.27. The Morgan fingerprint density at radius 2 is 2.18 bits per heavy atom. The van der Waals surface area contributed by atoms with E-state index >= 15 is 0 Å². The number of hydroxylamine groups is 1. The van der Waals surface area contributed by atoms with Crippen LogP contribution in [0, 0.1) is 0 Å². The number of hydrogen-bond donors (Lipinski definition) is 1. The molecule has 5 nitrogen and oxygen atoms in total. The van der Waals surface area contributed by atoms with Gasteiger partial charge in [0, 0.05) is 18.6 Å². The maximum absolute atomic E-state index is 5.79. The van der Waals surface area contributed by atoms with Crippen molar-refractivity contribution in [3.63, 3.8) is 0 Å². The van der Waals surface area contributed by atoms with Gasteiger partial charge in [0.2, 0.25) is 0 Å². The van der Waals surface area contributed by atoms with E-state index in [4.69, 9.17) is 19.0 Å². The topological polar surface area (TPSA) is 49.0 Å². The normalized spacial score (nSPS) is 23.7. The van der Waals surface area contributed by atoms with E-state index in [2.05, 4.69) is 11.6 Å². The molecular weight excluding hydrogens is 282 g/mol. The first-order valence-electron chi connectivity index (χ1n) is 7.80. The third-order valence-corrected chi connectivity index (χ3v) is 3.70. The first-order chi connectivity index (χ1) is 10.6. The van der Waals surface area contributed by atoms with Crippen LogP contribution in [0.15, 0.2) is 24.3 Å². The molecule has 1 N–H and O–H groups in total. The molecule has 3 rings (SSSR count). The monoisotopic (exact) mass is 305 g/mol. The summed E-state index contributed by atoms with van der Waals surface area (Å²) in [6, 6.07) is 5.94. The molecule has 1 aromatic rings. The molecule has 120 valence electrons. The van der Waals surface area contributed by atoms with Crippen molar-refractivity contribution in [2.24, 2.45) is 0 Å². The van der Waals surface area contributed by atoms with Crippen LogP contribution in [-0.4, -0.2) is 31.5 Å². The second-order valence-electron chi connectivity index (χ2n) is 5.89. The Hall–Kier alpha value is -1.72. The van der Waals surface area contributed by atoms with E-state index in [0.29, 0.717) is 13.2 Å². The van der Waals surface area contributed by atoms with Crippen molar-refractivity contribution in [2.75, 3.05) is 19.8 Å². The number of rotatable bonds is 5. The van der Waals surface area contributed by atoms with Crippen LogP contribution >= 0.6 is 0 Å². The first-order valence-corrected chi connectivity index (χ1v) is 7.80. The number of benzene rings is 1. The van der Waals surface area contributed by atoms with Gasteiger partial charge in [0.15, 0.2) is 11.5 Å². The highest BCUT2D eigenvalue weighted by atomic mass is 16.7. The number of ether oxygens (including phenoxy) is 3. The Morgan fingerprint density at radius 1 is 1.32 bits per heavy atom. The Labute approximate surface area is 131 Å². The fourth-order valence-electron chi connectivity index (χ4n) is 2.67. The van der Waals surface area contributed by atoms with Gasteiger partial charge in [-0.3, -0.25) is 10.3 Å². The Bertz CT molecular complexity index is 562. The van der Waals surface area contributed by atoms with Gasteiger partial charge in [-0.15, -0.1) is 0 Å². The van der Waals surface area contributed by atoms with Crippen LogP contribution in [-0.2, 0) is 9.57 Å². The van der Waals surface area contributed by atoms with Crippen molar-refractivity contribution in [3.8, 4) is 11.5 Å². The van der Waals surface area contributed by atoms with Crippen molar-refractivity contribution < 1.29 is 19.0 Å². The molecule has 2 heterocycles. The third kappa shape index (κ3) is 3.05. The van der Waals surface area contributed by atoms with Gasteiger partial charge in [-0.1, -0.05) is 0 Å². The standard InChI is InChI=1S/C17H23NO4/c1-4-20-16-9-13(5-6-15(16)21-12(2)3)14-10-17(22-18-14)7-8-19-11-17/h5-6,9-10,12,18H,4,7-8,11H2,1-3H3. The summed E-state index contributed by atoms with van der Waals surface area (Å²) in [6.07, 6.45) is 3.08. The number of nitrogens with one attached hydrogen (secondary N) is 1. The fourth-order valence-corrected chi connectivity index (χ4v) is 2.67.